The van der Waals surface area contributed by atoms with E-state index in [0.717, 1.165) is 11.8 Å². The molecule has 4 heteroatoms. The zero-order valence-electron chi connectivity index (χ0n) is 5.62. The van der Waals surface area contributed by atoms with Crippen molar-refractivity contribution in [2.24, 2.45) is 5.73 Å². The Morgan fingerprint density at radius 1 is 1.70 bits per heavy atom. The van der Waals surface area contributed by atoms with Crippen molar-refractivity contribution in [2.75, 3.05) is 12.3 Å². The van der Waals surface area contributed by atoms with Crippen molar-refractivity contribution >= 4 is 29.1 Å². The van der Waals surface area contributed by atoms with Crippen LogP contribution < -0.4 is 5.73 Å². The van der Waals surface area contributed by atoms with Crippen LogP contribution in [0.15, 0.2) is 0 Å². The summed E-state index contributed by atoms with van der Waals surface area (Å²) in [5.74, 6) is 1.22. The van der Waals surface area contributed by atoms with Crippen molar-refractivity contribution in [1.82, 2.24) is 4.90 Å². The number of hydrogen-bond acceptors (Lipinski definition) is 2. The third-order valence-corrected chi connectivity index (χ3v) is 3.81. The highest BCUT2D eigenvalue weighted by Crippen LogP contribution is 2.36. The lowest BCUT2D eigenvalue weighted by molar-refractivity contribution is 0.420. The maximum Gasteiger partial charge on any atom is 0.166 e. The van der Waals surface area contributed by atoms with Crippen molar-refractivity contribution in [3.63, 3.8) is 0 Å². The topological polar surface area (TPSA) is 29.3 Å². The monoisotopic (exact) mass is 174 g/mol. The van der Waals surface area contributed by atoms with E-state index in [-0.39, 0.29) is 0 Å². The van der Waals surface area contributed by atoms with Gasteiger partial charge in [0.1, 0.15) is 0 Å². The molecule has 2 rings (SSSR count). The Labute approximate surface area is 70.1 Å². The van der Waals surface area contributed by atoms with E-state index < -0.39 is 0 Å². The molecule has 0 amide bonds. The van der Waals surface area contributed by atoms with Gasteiger partial charge in [0.05, 0.1) is 0 Å². The molecule has 56 valence electrons. The molecule has 0 aromatic carbocycles. The van der Waals surface area contributed by atoms with Gasteiger partial charge in [0.25, 0.3) is 0 Å². The van der Waals surface area contributed by atoms with Gasteiger partial charge in [-0.1, -0.05) is 0 Å². The molecule has 2 bridgehead atoms. The number of hydrogen-bond donors (Lipinski definition) is 1. The van der Waals surface area contributed by atoms with Gasteiger partial charge in [0, 0.05) is 23.6 Å². The van der Waals surface area contributed by atoms with Crippen molar-refractivity contribution in [1.29, 1.82) is 0 Å². The maximum absolute atomic E-state index is 5.53. The summed E-state index contributed by atoms with van der Waals surface area (Å²) in [4.78, 5) is 2.16. The second-order valence-electron chi connectivity index (χ2n) is 2.84. The third-order valence-electron chi connectivity index (χ3n) is 2.18. The van der Waals surface area contributed by atoms with Gasteiger partial charge in [0.2, 0.25) is 0 Å². The van der Waals surface area contributed by atoms with Crippen LogP contribution >= 0.6 is 24.0 Å². The summed E-state index contributed by atoms with van der Waals surface area (Å²) in [5, 5.41) is 1.40. The summed E-state index contributed by atoms with van der Waals surface area (Å²) in [6.07, 6.45) is 1.29. The molecule has 2 saturated heterocycles. The van der Waals surface area contributed by atoms with Gasteiger partial charge in [-0.2, -0.15) is 11.8 Å². The fraction of sp³-hybridized carbons (Fsp3) is 0.833. The van der Waals surface area contributed by atoms with Crippen molar-refractivity contribution in [3.8, 4) is 0 Å². The van der Waals surface area contributed by atoms with Gasteiger partial charge in [-0.25, -0.2) is 0 Å². The number of rotatable bonds is 0. The molecule has 2 atom stereocenters. The standard InChI is InChI=1S/C6H10N2S2/c7-6(9)8-2-5-1-4(8)3-10-5/h4-5H,1-3H2,(H2,7,9). The molecule has 0 aromatic rings. The second-order valence-corrected chi connectivity index (χ2v) is 4.59. The molecule has 0 spiro atoms. The summed E-state index contributed by atoms with van der Waals surface area (Å²) < 4.78 is 0. The first kappa shape index (κ1) is 6.73. The van der Waals surface area contributed by atoms with Crippen LogP contribution in [0.5, 0.6) is 0 Å². The summed E-state index contributed by atoms with van der Waals surface area (Å²) in [6, 6.07) is 0.660. The lowest BCUT2D eigenvalue weighted by Gasteiger charge is -2.26. The molecule has 0 aromatic heterocycles. The molecule has 0 saturated carbocycles. The average molecular weight is 174 g/mol. The smallest absolute Gasteiger partial charge is 0.166 e. The number of nitrogens with two attached hydrogens (primary N) is 1. The van der Waals surface area contributed by atoms with Crippen LogP contribution in [0.2, 0.25) is 0 Å². The quantitative estimate of drug-likeness (QED) is 0.539. The molecule has 2 N–H and O–H groups in total. The second kappa shape index (κ2) is 2.27. The van der Waals surface area contributed by atoms with Gasteiger partial charge < -0.3 is 10.6 Å². The zero-order valence-corrected chi connectivity index (χ0v) is 7.25. The summed E-state index contributed by atoms with van der Waals surface area (Å²) in [5.41, 5.74) is 5.53. The molecule has 10 heavy (non-hydrogen) atoms. The summed E-state index contributed by atoms with van der Waals surface area (Å²) in [6.45, 7) is 1.09. The van der Waals surface area contributed by atoms with Gasteiger partial charge in [-0.3, -0.25) is 0 Å². The molecular formula is C6H10N2S2. The first-order valence-corrected chi connectivity index (χ1v) is 4.91. The van der Waals surface area contributed by atoms with E-state index in [9.17, 15) is 0 Å². The predicted molar refractivity (Wildman–Crippen MR) is 48.1 cm³/mol. The number of fused-ring (bicyclic) bond motifs is 2. The Hall–Kier alpha value is 0.0400. The van der Waals surface area contributed by atoms with Crippen LogP contribution in [0.25, 0.3) is 0 Å². The summed E-state index contributed by atoms with van der Waals surface area (Å²) in [7, 11) is 0. The van der Waals surface area contributed by atoms with Crippen molar-refractivity contribution < 1.29 is 0 Å². The molecule has 2 unspecified atom stereocenters. The first-order valence-electron chi connectivity index (χ1n) is 3.45. The minimum atomic E-state index is 0.591. The number of thiocarbonyl (C=S) groups is 1. The van der Waals surface area contributed by atoms with Gasteiger partial charge >= 0.3 is 0 Å². The molecular weight excluding hydrogens is 164 g/mol. The highest BCUT2D eigenvalue weighted by Gasteiger charge is 2.38. The fourth-order valence-corrected chi connectivity index (χ4v) is 3.33. The molecule has 2 aliphatic heterocycles. The number of thioether (sulfide) groups is 1. The lowest BCUT2D eigenvalue weighted by atomic mass is 10.2. The number of likely N-dealkylation sites (tertiary alicyclic amines) is 1. The van der Waals surface area contributed by atoms with E-state index in [4.69, 9.17) is 18.0 Å². The Bertz CT molecular complexity index is 171. The largest absolute Gasteiger partial charge is 0.376 e. The molecule has 2 aliphatic rings. The van der Waals surface area contributed by atoms with Crippen LogP contribution in [0.1, 0.15) is 6.42 Å². The van der Waals surface area contributed by atoms with E-state index >= 15 is 0 Å². The normalized spacial score (nSPS) is 37.0. The van der Waals surface area contributed by atoms with Gasteiger partial charge in [-0.15, -0.1) is 0 Å². The van der Waals surface area contributed by atoms with Crippen LogP contribution in [0.3, 0.4) is 0 Å². The van der Waals surface area contributed by atoms with E-state index in [1.165, 1.54) is 12.2 Å². The number of nitrogens with zero attached hydrogens (tertiary/aromatic N) is 1. The van der Waals surface area contributed by atoms with Crippen LogP contribution in [0, 0.1) is 0 Å². The van der Waals surface area contributed by atoms with Gasteiger partial charge in [-0.05, 0) is 18.6 Å². The third kappa shape index (κ3) is 0.900. The minimum absolute atomic E-state index is 0.591. The SMILES string of the molecule is NC(=S)N1CC2CC1CS2. The fourth-order valence-electron chi connectivity index (χ4n) is 1.67. The van der Waals surface area contributed by atoms with E-state index in [1.54, 1.807) is 0 Å². The van der Waals surface area contributed by atoms with Crippen LogP contribution in [0.4, 0.5) is 0 Å². The van der Waals surface area contributed by atoms with Crippen LogP contribution in [-0.4, -0.2) is 33.6 Å². The Morgan fingerprint density at radius 2 is 2.50 bits per heavy atom. The Morgan fingerprint density at radius 3 is 2.80 bits per heavy atom. The predicted octanol–water partition coefficient (Wildman–Crippen LogP) is 0.420. The Balaban J connectivity index is 2.08. The molecule has 0 radical (unpaired) electrons. The molecule has 2 fully saturated rings. The lowest BCUT2D eigenvalue weighted by Crippen LogP contribution is -2.42. The molecule has 0 aliphatic carbocycles. The van der Waals surface area contributed by atoms with E-state index in [2.05, 4.69) is 16.7 Å². The average Bonchev–Trinajstić information content (AvgIpc) is 2.44. The minimum Gasteiger partial charge on any atom is -0.376 e. The van der Waals surface area contributed by atoms with Crippen molar-refractivity contribution in [3.05, 3.63) is 0 Å². The zero-order chi connectivity index (χ0) is 7.14. The maximum atomic E-state index is 5.53. The summed E-state index contributed by atoms with van der Waals surface area (Å²) >= 11 is 6.97. The molecule has 2 heterocycles. The van der Waals surface area contributed by atoms with E-state index in [1.807, 2.05) is 0 Å². The van der Waals surface area contributed by atoms with Crippen molar-refractivity contribution in [2.45, 2.75) is 17.7 Å². The Kier molecular flexibility index (Phi) is 1.53. The highest BCUT2D eigenvalue weighted by molar-refractivity contribution is 8.00. The van der Waals surface area contributed by atoms with E-state index in [0.29, 0.717) is 11.2 Å². The first-order chi connectivity index (χ1) is 4.77. The van der Waals surface area contributed by atoms with Crippen LogP contribution in [-0.2, 0) is 0 Å². The molecule has 2 nitrogen and oxygen atoms in total. The highest BCUT2D eigenvalue weighted by atomic mass is 32.2. The van der Waals surface area contributed by atoms with Gasteiger partial charge in [0.15, 0.2) is 5.11 Å².